The number of H-pyrrole nitrogens is 1. The molecule has 1 fully saturated rings. The number of hydrogen-bond donors (Lipinski definition) is 2. The molecule has 1 aliphatic heterocycles. The minimum atomic E-state index is -1.95. The van der Waals surface area contributed by atoms with Crippen LogP contribution >= 0.6 is 0 Å². The van der Waals surface area contributed by atoms with Crippen molar-refractivity contribution in [2.24, 2.45) is 0 Å². The van der Waals surface area contributed by atoms with Crippen LogP contribution in [0.1, 0.15) is 23.7 Å². The molecule has 0 bridgehead atoms. The van der Waals surface area contributed by atoms with Crippen molar-refractivity contribution in [3.63, 3.8) is 0 Å². The lowest BCUT2D eigenvalue weighted by Gasteiger charge is -2.19. The zero-order valence-electron chi connectivity index (χ0n) is 15.6. The summed E-state index contributed by atoms with van der Waals surface area (Å²) in [5.41, 5.74) is -0.0501. The van der Waals surface area contributed by atoms with Crippen LogP contribution in [0.5, 0.6) is 0 Å². The van der Waals surface area contributed by atoms with Crippen molar-refractivity contribution in [3.8, 4) is 0 Å². The Bertz CT molecular complexity index is 1250. The first-order valence-electron chi connectivity index (χ1n) is 9.32. The highest BCUT2D eigenvalue weighted by molar-refractivity contribution is 6.02. The number of benzene rings is 2. The maximum absolute atomic E-state index is 13.4. The van der Waals surface area contributed by atoms with E-state index in [2.05, 4.69) is 15.1 Å². The van der Waals surface area contributed by atoms with E-state index in [1.165, 1.54) is 4.90 Å². The van der Waals surface area contributed by atoms with Crippen molar-refractivity contribution >= 4 is 22.5 Å². The number of carbonyl (C=O) groups excluding carboxylic acids is 1. The summed E-state index contributed by atoms with van der Waals surface area (Å²) in [6.45, 7) is 0.276. The molecule has 1 aliphatic rings. The first-order chi connectivity index (χ1) is 14.4. The number of hydrogen-bond acceptors (Lipinski definition) is 5. The van der Waals surface area contributed by atoms with Gasteiger partial charge in [0.2, 0.25) is 5.60 Å². The van der Waals surface area contributed by atoms with E-state index in [-0.39, 0.29) is 31.1 Å². The van der Waals surface area contributed by atoms with Gasteiger partial charge in [-0.2, -0.15) is 4.98 Å². The van der Waals surface area contributed by atoms with Gasteiger partial charge in [-0.15, -0.1) is 0 Å². The van der Waals surface area contributed by atoms with Crippen LogP contribution in [0.3, 0.4) is 0 Å². The maximum atomic E-state index is 13.4. The van der Waals surface area contributed by atoms with Gasteiger partial charge in [0, 0.05) is 48.2 Å². The normalized spacial score (nSPS) is 19.2. The van der Waals surface area contributed by atoms with Gasteiger partial charge in [0.25, 0.3) is 11.8 Å². The van der Waals surface area contributed by atoms with Gasteiger partial charge in [0.1, 0.15) is 11.6 Å². The second-order valence-corrected chi connectivity index (χ2v) is 7.29. The topological polar surface area (TPSA) is 95.2 Å². The molecule has 9 heteroatoms. The summed E-state index contributed by atoms with van der Waals surface area (Å²) in [7, 11) is 0. The molecule has 0 unspecified atom stereocenters. The number of nitrogens with zero attached hydrogens (tertiary/aromatic N) is 3. The number of anilines is 1. The average Bonchev–Trinajstić information content (AvgIpc) is 3.41. The van der Waals surface area contributed by atoms with E-state index < -0.39 is 23.1 Å². The van der Waals surface area contributed by atoms with Gasteiger partial charge in [-0.05, 0) is 42.0 Å². The SMILES string of the molecule is O=C1N(c2ccc3[nH]ccc3c2)CC[C@]1(O)c1nc(Cc2cc(F)cc(F)c2)no1. The molecule has 0 saturated carbocycles. The molecule has 4 aromatic rings. The quantitative estimate of drug-likeness (QED) is 0.539. The third-order valence-electron chi connectivity index (χ3n) is 5.25. The van der Waals surface area contributed by atoms with E-state index in [4.69, 9.17) is 4.52 Å². The lowest BCUT2D eigenvalue weighted by atomic mass is 10.0. The molecule has 0 spiro atoms. The molecule has 152 valence electrons. The second-order valence-electron chi connectivity index (χ2n) is 7.29. The van der Waals surface area contributed by atoms with E-state index >= 15 is 0 Å². The fraction of sp³-hybridized carbons (Fsp3) is 0.190. The number of aliphatic hydroxyl groups is 1. The van der Waals surface area contributed by atoms with Crippen LogP contribution in [-0.4, -0.2) is 32.7 Å². The number of fused-ring (bicyclic) bond motifs is 1. The lowest BCUT2D eigenvalue weighted by Crippen LogP contribution is -2.38. The smallest absolute Gasteiger partial charge is 0.268 e. The molecule has 0 aliphatic carbocycles. The fourth-order valence-corrected chi connectivity index (χ4v) is 3.75. The van der Waals surface area contributed by atoms with Crippen LogP contribution in [0.2, 0.25) is 0 Å². The Morgan fingerprint density at radius 2 is 1.97 bits per heavy atom. The Balaban J connectivity index is 1.39. The number of aromatic nitrogens is 3. The lowest BCUT2D eigenvalue weighted by molar-refractivity contribution is -0.136. The molecule has 1 saturated heterocycles. The highest BCUT2D eigenvalue weighted by Gasteiger charge is 2.51. The fourth-order valence-electron chi connectivity index (χ4n) is 3.75. The Morgan fingerprint density at radius 3 is 2.77 bits per heavy atom. The minimum Gasteiger partial charge on any atom is -0.372 e. The monoisotopic (exact) mass is 410 g/mol. The van der Waals surface area contributed by atoms with Crippen LogP contribution in [-0.2, 0) is 16.8 Å². The van der Waals surface area contributed by atoms with Gasteiger partial charge in [0.15, 0.2) is 5.82 Å². The number of aromatic amines is 1. The first-order valence-corrected chi connectivity index (χ1v) is 9.32. The largest absolute Gasteiger partial charge is 0.372 e. The van der Waals surface area contributed by atoms with Crippen LogP contribution in [0, 0.1) is 11.6 Å². The van der Waals surface area contributed by atoms with E-state index in [1.807, 2.05) is 18.2 Å². The number of carbonyl (C=O) groups is 1. The summed E-state index contributed by atoms with van der Waals surface area (Å²) in [5, 5.41) is 15.7. The molecule has 2 aromatic heterocycles. The average molecular weight is 410 g/mol. The van der Waals surface area contributed by atoms with Gasteiger partial charge in [-0.1, -0.05) is 5.16 Å². The number of amides is 1. The number of rotatable bonds is 4. The van der Waals surface area contributed by atoms with Gasteiger partial charge >= 0.3 is 0 Å². The Kier molecular flexibility index (Phi) is 4.14. The van der Waals surface area contributed by atoms with Crippen LogP contribution < -0.4 is 4.90 Å². The summed E-state index contributed by atoms with van der Waals surface area (Å²) in [6, 6.07) is 10.5. The molecule has 1 atom stereocenters. The Labute approximate surface area is 168 Å². The van der Waals surface area contributed by atoms with Gasteiger partial charge < -0.3 is 19.5 Å². The summed E-state index contributed by atoms with van der Waals surface area (Å²) in [6.07, 6.45) is 1.88. The minimum absolute atomic E-state index is 0.00365. The summed E-state index contributed by atoms with van der Waals surface area (Å²) in [4.78, 5) is 21.7. The zero-order chi connectivity index (χ0) is 20.9. The Hall–Kier alpha value is -3.59. The van der Waals surface area contributed by atoms with Crippen LogP contribution in [0.25, 0.3) is 10.9 Å². The summed E-state index contributed by atoms with van der Waals surface area (Å²) < 4.78 is 31.9. The Morgan fingerprint density at radius 1 is 1.17 bits per heavy atom. The predicted octanol–water partition coefficient (Wildman–Crippen LogP) is 3.04. The summed E-state index contributed by atoms with van der Waals surface area (Å²) >= 11 is 0. The molecule has 0 radical (unpaired) electrons. The van der Waals surface area contributed by atoms with Crippen molar-refractivity contribution in [3.05, 3.63) is 77.6 Å². The van der Waals surface area contributed by atoms with Crippen molar-refractivity contribution in [2.75, 3.05) is 11.4 Å². The van der Waals surface area contributed by atoms with Crippen molar-refractivity contribution in [2.45, 2.75) is 18.4 Å². The number of nitrogens with one attached hydrogen (secondary N) is 1. The molecule has 1 amide bonds. The van der Waals surface area contributed by atoms with Crippen LogP contribution in [0.4, 0.5) is 14.5 Å². The van der Waals surface area contributed by atoms with E-state index in [0.29, 0.717) is 11.3 Å². The molecule has 2 N–H and O–H groups in total. The zero-order valence-corrected chi connectivity index (χ0v) is 15.6. The molecule has 7 nitrogen and oxygen atoms in total. The standard InChI is InChI=1S/C21H16F2N4O3/c22-14-7-12(8-15(23)11-14)9-18-25-19(30-26-18)21(29)4-6-27(20(21)28)16-1-2-17-13(10-16)3-5-24-17/h1-3,5,7-8,10-11,24,29H,4,6,9H2/t21-/m0/s1. The molecule has 3 heterocycles. The first kappa shape index (κ1) is 18.4. The number of halogens is 2. The third-order valence-corrected chi connectivity index (χ3v) is 5.25. The van der Waals surface area contributed by atoms with Crippen molar-refractivity contribution in [1.82, 2.24) is 15.1 Å². The van der Waals surface area contributed by atoms with E-state index in [1.54, 1.807) is 12.3 Å². The highest BCUT2D eigenvalue weighted by Crippen LogP contribution is 2.36. The molecule has 2 aromatic carbocycles. The van der Waals surface area contributed by atoms with E-state index in [9.17, 15) is 18.7 Å². The van der Waals surface area contributed by atoms with E-state index in [0.717, 1.165) is 29.1 Å². The van der Waals surface area contributed by atoms with Gasteiger partial charge in [-0.25, -0.2) is 8.78 Å². The van der Waals surface area contributed by atoms with Crippen molar-refractivity contribution in [1.29, 1.82) is 0 Å². The predicted molar refractivity (Wildman–Crippen MR) is 103 cm³/mol. The molecule has 30 heavy (non-hydrogen) atoms. The van der Waals surface area contributed by atoms with Crippen molar-refractivity contribution < 1.29 is 23.2 Å². The van der Waals surface area contributed by atoms with Gasteiger partial charge in [0.05, 0.1) is 0 Å². The highest BCUT2D eigenvalue weighted by atomic mass is 19.1. The molecular weight excluding hydrogens is 394 g/mol. The molecular formula is C21H16F2N4O3. The molecule has 5 rings (SSSR count). The second kappa shape index (κ2) is 6.74. The maximum Gasteiger partial charge on any atom is 0.268 e. The summed E-state index contributed by atoms with van der Waals surface area (Å²) in [5.74, 6) is -2.11. The third kappa shape index (κ3) is 3.03. The van der Waals surface area contributed by atoms with Crippen LogP contribution in [0.15, 0.2) is 53.2 Å². The van der Waals surface area contributed by atoms with Gasteiger partial charge in [-0.3, -0.25) is 4.79 Å².